The molecule has 226 valence electrons. The van der Waals surface area contributed by atoms with E-state index in [1.807, 2.05) is 28.8 Å². The van der Waals surface area contributed by atoms with E-state index in [9.17, 15) is 17.8 Å². The molecule has 1 unspecified atom stereocenters. The summed E-state index contributed by atoms with van der Waals surface area (Å²) in [5.41, 5.74) is 3.35. The highest BCUT2D eigenvalue weighted by Crippen LogP contribution is 2.30. The smallest absolute Gasteiger partial charge is 0.387 e. The zero-order chi connectivity index (χ0) is 30.6. The Balaban J connectivity index is 1.42. The largest absolute Gasteiger partial charge is 0.494 e. The summed E-state index contributed by atoms with van der Waals surface area (Å²) < 4.78 is 51.4. The predicted molar refractivity (Wildman–Crippen MR) is 166 cm³/mol. The Morgan fingerprint density at radius 3 is 2.47 bits per heavy atom. The number of carbonyl (C=O) groups excluding carboxylic acids is 1. The van der Waals surface area contributed by atoms with Crippen LogP contribution in [0.1, 0.15) is 44.4 Å². The van der Waals surface area contributed by atoms with Crippen LogP contribution in [0, 0.1) is 0 Å². The van der Waals surface area contributed by atoms with Crippen molar-refractivity contribution in [3.8, 4) is 22.6 Å². The Morgan fingerprint density at radius 1 is 1.02 bits per heavy atom. The molecule has 1 N–H and O–H groups in total. The number of aromatic nitrogens is 2. The maximum absolute atomic E-state index is 13.1. The van der Waals surface area contributed by atoms with Crippen LogP contribution in [0.15, 0.2) is 90.2 Å². The standard InChI is InChI=1S/C33H35F2N3O4S/c1-3-5-19-41-29-12-6-24(7-13-29)25-8-16-31(42-33(34)35)26(20-25)9-17-32(39)37-27-10-14-30(15-11-27)43(40)22-28-21-36-23-38(28)18-4-2/h6-17,20-21,23,33H,3-5,18-19,22H2,1-2H3,(H,37,39)/b17-9+. The van der Waals surface area contributed by atoms with E-state index in [0.717, 1.165) is 48.4 Å². The minimum atomic E-state index is -3.01. The van der Waals surface area contributed by atoms with Crippen LogP contribution in [0.3, 0.4) is 0 Å². The highest BCUT2D eigenvalue weighted by Gasteiger charge is 2.12. The van der Waals surface area contributed by atoms with Crippen molar-refractivity contribution >= 4 is 28.5 Å². The van der Waals surface area contributed by atoms with Crippen LogP contribution in [-0.4, -0.2) is 32.9 Å². The fourth-order valence-electron chi connectivity index (χ4n) is 4.31. The lowest BCUT2D eigenvalue weighted by Gasteiger charge is -2.11. The molecule has 0 aliphatic carbocycles. The van der Waals surface area contributed by atoms with Crippen LogP contribution >= 0.6 is 0 Å². The highest BCUT2D eigenvalue weighted by molar-refractivity contribution is 7.84. The normalized spacial score (nSPS) is 12.0. The number of ether oxygens (including phenoxy) is 2. The molecule has 0 spiro atoms. The Hall–Kier alpha value is -4.31. The van der Waals surface area contributed by atoms with E-state index < -0.39 is 23.3 Å². The first-order valence-corrected chi connectivity index (χ1v) is 15.5. The molecule has 0 aliphatic rings. The second kappa shape index (κ2) is 15.8. The molecule has 0 aliphatic heterocycles. The molecule has 3 aromatic carbocycles. The van der Waals surface area contributed by atoms with Crippen molar-refractivity contribution in [2.75, 3.05) is 11.9 Å². The molecule has 1 atom stereocenters. The molecule has 1 heterocycles. The zero-order valence-electron chi connectivity index (χ0n) is 24.2. The van der Waals surface area contributed by atoms with Crippen molar-refractivity contribution in [1.82, 2.24) is 9.55 Å². The number of carbonyl (C=O) groups is 1. The van der Waals surface area contributed by atoms with Crippen LogP contribution in [0.25, 0.3) is 17.2 Å². The van der Waals surface area contributed by atoms with Gasteiger partial charge in [0.05, 0.1) is 35.2 Å². The molecule has 43 heavy (non-hydrogen) atoms. The third-order valence-electron chi connectivity index (χ3n) is 6.52. The Morgan fingerprint density at radius 2 is 1.77 bits per heavy atom. The summed E-state index contributed by atoms with van der Waals surface area (Å²) >= 11 is 0. The summed E-state index contributed by atoms with van der Waals surface area (Å²) in [5.74, 6) is 0.590. The van der Waals surface area contributed by atoms with Crippen molar-refractivity contribution < 1.29 is 27.3 Å². The van der Waals surface area contributed by atoms with Gasteiger partial charge < -0.3 is 19.4 Å². The van der Waals surface area contributed by atoms with Crippen molar-refractivity contribution in [1.29, 1.82) is 0 Å². The SMILES string of the molecule is CCCCOc1ccc(-c2ccc(OC(F)F)c(/C=C/C(=O)Nc3ccc(S(=O)Cc4cncn4CCC)cc3)c2)cc1. The third-order valence-corrected chi connectivity index (χ3v) is 7.88. The number of nitrogens with one attached hydrogen (secondary N) is 1. The van der Waals surface area contributed by atoms with Gasteiger partial charge in [-0.15, -0.1) is 0 Å². The summed E-state index contributed by atoms with van der Waals surface area (Å²) in [5, 5.41) is 2.74. The monoisotopic (exact) mass is 607 g/mol. The molecule has 7 nitrogen and oxygen atoms in total. The molecular formula is C33H35F2N3O4S. The fourth-order valence-corrected chi connectivity index (χ4v) is 5.42. The average molecular weight is 608 g/mol. The van der Waals surface area contributed by atoms with Crippen molar-refractivity contribution in [2.45, 2.75) is 56.9 Å². The average Bonchev–Trinajstić information content (AvgIpc) is 3.43. The van der Waals surface area contributed by atoms with Crippen LogP contribution in [-0.2, 0) is 27.9 Å². The van der Waals surface area contributed by atoms with Crippen LogP contribution < -0.4 is 14.8 Å². The van der Waals surface area contributed by atoms with Crippen molar-refractivity contribution in [3.63, 3.8) is 0 Å². The molecule has 0 fully saturated rings. The lowest BCUT2D eigenvalue weighted by Crippen LogP contribution is -2.08. The number of hydrogen-bond donors (Lipinski definition) is 1. The molecule has 4 aromatic rings. The topological polar surface area (TPSA) is 82.4 Å². The lowest BCUT2D eigenvalue weighted by molar-refractivity contribution is -0.111. The minimum absolute atomic E-state index is 0.0468. The van der Waals surface area contributed by atoms with E-state index >= 15 is 0 Å². The van der Waals surface area contributed by atoms with Gasteiger partial charge >= 0.3 is 6.61 Å². The summed E-state index contributed by atoms with van der Waals surface area (Å²) in [4.78, 5) is 17.5. The molecule has 1 amide bonds. The van der Waals surface area contributed by atoms with Crippen LogP contribution in [0.2, 0.25) is 0 Å². The van der Waals surface area contributed by atoms with E-state index in [0.29, 0.717) is 28.5 Å². The molecule has 0 bridgehead atoms. The summed E-state index contributed by atoms with van der Waals surface area (Å²) in [7, 11) is -1.28. The number of halogens is 2. The first kappa shape index (κ1) is 31.6. The Bertz CT molecular complexity index is 1540. The number of rotatable bonds is 15. The van der Waals surface area contributed by atoms with E-state index in [4.69, 9.17) is 4.74 Å². The third kappa shape index (κ3) is 9.34. The van der Waals surface area contributed by atoms with Crippen molar-refractivity contribution in [2.24, 2.45) is 0 Å². The van der Waals surface area contributed by atoms with Gasteiger partial charge in [-0.1, -0.05) is 38.5 Å². The second-order valence-electron chi connectivity index (χ2n) is 9.77. The number of alkyl halides is 2. The van der Waals surface area contributed by atoms with Gasteiger partial charge in [0.1, 0.15) is 11.5 Å². The van der Waals surface area contributed by atoms with E-state index in [2.05, 4.69) is 28.9 Å². The van der Waals surface area contributed by atoms with Gasteiger partial charge in [0, 0.05) is 35.0 Å². The number of anilines is 1. The van der Waals surface area contributed by atoms with Crippen LogP contribution in [0.5, 0.6) is 11.5 Å². The fraction of sp³-hybridized carbons (Fsp3) is 0.273. The Labute approximate surface area is 253 Å². The van der Waals surface area contributed by atoms with Gasteiger partial charge in [-0.05, 0) is 78.6 Å². The van der Waals surface area contributed by atoms with Crippen LogP contribution in [0.4, 0.5) is 14.5 Å². The zero-order valence-corrected chi connectivity index (χ0v) is 25.0. The van der Waals surface area contributed by atoms with E-state index in [1.165, 1.54) is 18.2 Å². The van der Waals surface area contributed by atoms with Gasteiger partial charge in [-0.25, -0.2) is 4.98 Å². The number of hydrogen-bond acceptors (Lipinski definition) is 5. The van der Waals surface area contributed by atoms with Gasteiger partial charge in [0.15, 0.2) is 0 Å². The lowest BCUT2D eigenvalue weighted by atomic mass is 10.0. The quantitative estimate of drug-likeness (QED) is 0.111. The predicted octanol–water partition coefficient (Wildman–Crippen LogP) is 7.70. The maximum atomic E-state index is 13.1. The molecule has 0 radical (unpaired) electrons. The summed E-state index contributed by atoms with van der Waals surface area (Å²) in [6.45, 7) is 2.61. The van der Waals surface area contributed by atoms with E-state index in [1.54, 1.807) is 48.9 Å². The number of benzene rings is 3. The van der Waals surface area contributed by atoms with Gasteiger partial charge in [-0.3, -0.25) is 9.00 Å². The maximum Gasteiger partial charge on any atom is 0.387 e. The molecule has 4 rings (SSSR count). The van der Waals surface area contributed by atoms with E-state index in [-0.39, 0.29) is 5.75 Å². The number of amides is 1. The summed E-state index contributed by atoms with van der Waals surface area (Å²) in [6.07, 6.45) is 9.11. The Kier molecular flexibility index (Phi) is 11.6. The first-order chi connectivity index (χ1) is 20.9. The second-order valence-corrected chi connectivity index (χ2v) is 11.2. The first-order valence-electron chi connectivity index (χ1n) is 14.1. The van der Waals surface area contributed by atoms with Gasteiger partial charge in [0.25, 0.3) is 0 Å². The number of unbranched alkanes of at least 4 members (excludes halogenated alkanes) is 1. The molecule has 10 heteroatoms. The van der Waals surface area contributed by atoms with Crippen molar-refractivity contribution in [3.05, 3.63) is 96.6 Å². The molecular weight excluding hydrogens is 572 g/mol. The minimum Gasteiger partial charge on any atom is -0.494 e. The highest BCUT2D eigenvalue weighted by atomic mass is 32.2. The molecule has 0 saturated heterocycles. The molecule has 0 saturated carbocycles. The van der Waals surface area contributed by atoms with Gasteiger partial charge in [-0.2, -0.15) is 8.78 Å². The van der Waals surface area contributed by atoms with Gasteiger partial charge in [0.2, 0.25) is 5.91 Å². The number of aryl methyl sites for hydroxylation is 1. The number of imidazole rings is 1. The molecule has 1 aromatic heterocycles. The number of nitrogens with zero attached hydrogens (tertiary/aromatic N) is 2. The summed E-state index contributed by atoms with van der Waals surface area (Å²) in [6, 6.07) is 19.1.